The highest BCUT2D eigenvalue weighted by Gasteiger charge is 2.70. The number of carbonyl (C=O) groups excluding carboxylic acids is 3. The van der Waals surface area contributed by atoms with E-state index in [9.17, 15) is 9.59 Å². The topological polar surface area (TPSA) is 66.9 Å². The molecule has 6 aliphatic carbocycles. The van der Waals surface area contributed by atoms with E-state index in [-0.39, 0.29) is 51.2 Å². The van der Waals surface area contributed by atoms with Crippen LogP contribution in [0.2, 0.25) is 5.02 Å². The van der Waals surface area contributed by atoms with E-state index in [1.807, 2.05) is 32.9 Å². The number of carbonyl (C=O) groups is 3. The van der Waals surface area contributed by atoms with Crippen molar-refractivity contribution in [3.8, 4) is 0 Å². The van der Waals surface area contributed by atoms with E-state index >= 15 is 4.79 Å². The molecule has 62 heavy (non-hydrogen) atoms. The molecule has 3 saturated carbocycles. The van der Waals surface area contributed by atoms with Gasteiger partial charge < -0.3 is 9.64 Å². The molecule has 1 aromatic rings. The summed E-state index contributed by atoms with van der Waals surface area (Å²) < 4.78 is 5.78. The van der Waals surface area contributed by atoms with Crippen LogP contribution in [0.15, 0.2) is 58.7 Å². The highest BCUT2D eigenvalue weighted by atomic mass is 35.5. The Bertz CT molecular complexity index is 1980. The lowest BCUT2D eigenvalue weighted by Gasteiger charge is -2.71. The maximum atomic E-state index is 15.0. The van der Waals surface area contributed by atoms with Crippen LogP contribution in [0.25, 0.3) is 0 Å². The van der Waals surface area contributed by atoms with E-state index < -0.39 is 11.0 Å². The van der Waals surface area contributed by atoms with Crippen molar-refractivity contribution in [1.82, 2.24) is 9.80 Å². The predicted molar refractivity (Wildman–Crippen MR) is 254 cm³/mol. The summed E-state index contributed by atoms with van der Waals surface area (Å²) in [6, 6.07) is 8.13. The van der Waals surface area contributed by atoms with E-state index in [4.69, 9.17) is 16.3 Å². The summed E-state index contributed by atoms with van der Waals surface area (Å²) in [5.74, 6) is 1.97. The van der Waals surface area contributed by atoms with Crippen LogP contribution in [0.4, 0.5) is 0 Å². The van der Waals surface area contributed by atoms with Crippen molar-refractivity contribution in [3.05, 3.63) is 69.3 Å². The Morgan fingerprint density at radius 3 is 2.21 bits per heavy atom. The number of ether oxygens (including phenoxy) is 1. The molecule has 0 amide bonds. The van der Waals surface area contributed by atoms with E-state index in [0.717, 1.165) is 94.6 Å². The molecule has 0 aliphatic heterocycles. The van der Waals surface area contributed by atoms with Gasteiger partial charge in [-0.25, -0.2) is 0 Å². The average Bonchev–Trinajstić information content (AvgIpc) is 3.50. The molecule has 342 valence electrons. The molecule has 0 radical (unpaired) electrons. The molecule has 6 nitrogen and oxygen atoms in total. The molecular formula is C55H81ClN2O4. The standard InChI is InChI=1S/C55H81ClN2O4/c1-36(2)47-43(59)34-55(46(60)14-13-31-58(33-32-57(11)12)35-37-15-21-40(56)22-16-37)30-29-53(9)42(48(47)55)23-24-45-52(8)27-25-41(51(6,7)44(52)26-28-54(45,53)10)38-17-19-39(20-18-38)49(61)62-50(3,4)5/h15-17,21-22,25,36,39,42,44-45H,13-14,18-20,23-24,26-35H2,1-12H3/t39-,42?,44?,45?,52+,53-,54-,55+/m1/s1. The van der Waals surface area contributed by atoms with Crippen molar-refractivity contribution in [2.45, 2.75) is 165 Å². The highest BCUT2D eigenvalue weighted by molar-refractivity contribution is 6.30. The first kappa shape index (κ1) is 47.4. The monoisotopic (exact) mass is 869 g/mol. The van der Waals surface area contributed by atoms with Gasteiger partial charge in [0.1, 0.15) is 11.4 Å². The van der Waals surface area contributed by atoms with Gasteiger partial charge in [0.2, 0.25) is 0 Å². The Kier molecular flexibility index (Phi) is 13.3. The van der Waals surface area contributed by atoms with Gasteiger partial charge in [0.05, 0.1) is 11.3 Å². The Morgan fingerprint density at radius 1 is 0.871 bits per heavy atom. The predicted octanol–water partition coefficient (Wildman–Crippen LogP) is 12.6. The summed E-state index contributed by atoms with van der Waals surface area (Å²) in [7, 11) is 4.23. The van der Waals surface area contributed by atoms with Crippen LogP contribution in [0.1, 0.15) is 158 Å². The maximum absolute atomic E-state index is 15.0. The van der Waals surface area contributed by atoms with Crippen molar-refractivity contribution >= 4 is 29.1 Å². The number of allylic oxidation sites excluding steroid dienone is 6. The molecule has 1 aromatic carbocycles. The zero-order valence-corrected chi connectivity index (χ0v) is 41.5. The van der Waals surface area contributed by atoms with Gasteiger partial charge in [-0.3, -0.25) is 19.3 Å². The van der Waals surface area contributed by atoms with Crippen LogP contribution in [0.5, 0.6) is 0 Å². The lowest BCUT2D eigenvalue weighted by Crippen LogP contribution is -2.64. The molecule has 6 aliphatic rings. The molecule has 7 rings (SSSR count). The number of likely N-dealkylation sites (N-methyl/N-ethyl adjacent to an activating group) is 1. The largest absolute Gasteiger partial charge is 0.460 e. The highest BCUT2D eigenvalue weighted by Crippen LogP contribution is 2.77. The van der Waals surface area contributed by atoms with E-state index in [0.29, 0.717) is 30.5 Å². The second kappa shape index (κ2) is 17.4. The third kappa shape index (κ3) is 8.42. The Labute approximate surface area is 381 Å². The summed E-state index contributed by atoms with van der Waals surface area (Å²) in [5, 5.41) is 0.747. The molecule has 0 N–H and O–H groups in total. The van der Waals surface area contributed by atoms with Crippen molar-refractivity contribution in [2.75, 3.05) is 33.7 Å². The van der Waals surface area contributed by atoms with Crippen LogP contribution < -0.4 is 0 Å². The van der Waals surface area contributed by atoms with Crippen LogP contribution in [0, 0.1) is 56.7 Å². The Morgan fingerprint density at radius 2 is 1.58 bits per heavy atom. The summed E-state index contributed by atoms with van der Waals surface area (Å²) in [6.07, 6.45) is 16.8. The number of hydrogen-bond donors (Lipinski definition) is 0. The molecule has 3 unspecified atom stereocenters. The first-order valence-electron chi connectivity index (χ1n) is 24.5. The number of fused-ring (bicyclic) bond motifs is 7. The van der Waals surface area contributed by atoms with Gasteiger partial charge >= 0.3 is 5.97 Å². The van der Waals surface area contributed by atoms with Gasteiger partial charge in [0, 0.05) is 37.5 Å². The zero-order valence-electron chi connectivity index (χ0n) is 40.8. The van der Waals surface area contributed by atoms with E-state index in [2.05, 4.69) is 96.6 Å². The number of benzene rings is 1. The number of hydrogen-bond acceptors (Lipinski definition) is 6. The van der Waals surface area contributed by atoms with Crippen LogP contribution >= 0.6 is 11.6 Å². The van der Waals surface area contributed by atoms with E-state index in [1.165, 1.54) is 35.1 Å². The van der Waals surface area contributed by atoms with E-state index in [1.54, 1.807) is 0 Å². The number of rotatable bonds is 13. The minimum atomic E-state index is -0.642. The molecule has 8 atom stereocenters. The van der Waals surface area contributed by atoms with Crippen LogP contribution in [0.3, 0.4) is 0 Å². The summed E-state index contributed by atoms with van der Waals surface area (Å²) in [5.41, 5.74) is 5.73. The van der Waals surface area contributed by atoms with Gasteiger partial charge in [-0.05, 0) is 197 Å². The third-order valence-electron chi connectivity index (χ3n) is 18.1. The van der Waals surface area contributed by atoms with Crippen LogP contribution in [-0.4, -0.2) is 66.7 Å². The minimum absolute atomic E-state index is 0.0199. The third-order valence-corrected chi connectivity index (χ3v) is 18.4. The smallest absolute Gasteiger partial charge is 0.309 e. The van der Waals surface area contributed by atoms with Gasteiger partial charge in [0.15, 0.2) is 5.78 Å². The average molecular weight is 870 g/mol. The summed E-state index contributed by atoms with van der Waals surface area (Å²) in [4.78, 5) is 47.0. The van der Waals surface area contributed by atoms with Crippen molar-refractivity contribution in [1.29, 1.82) is 0 Å². The first-order chi connectivity index (χ1) is 29.0. The molecule has 0 bridgehead atoms. The summed E-state index contributed by atoms with van der Waals surface area (Å²) >= 11 is 6.21. The van der Waals surface area contributed by atoms with Crippen molar-refractivity contribution < 1.29 is 19.1 Å². The quantitative estimate of drug-likeness (QED) is 0.184. The number of ketones is 2. The fourth-order valence-corrected chi connectivity index (χ4v) is 15.1. The number of esters is 1. The van der Waals surface area contributed by atoms with Gasteiger partial charge in [-0.1, -0.05) is 84.4 Å². The molecule has 0 spiro atoms. The van der Waals surface area contributed by atoms with Crippen molar-refractivity contribution in [3.63, 3.8) is 0 Å². The molecule has 7 heteroatoms. The fraction of sp³-hybridized carbons (Fsp3) is 0.727. The normalized spacial score (nSPS) is 34.4. The molecule has 3 fully saturated rings. The van der Waals surface area contributed by atoms with Crippen molar-refractivity contribution in [2.24, 2.45) is 56.7 Å². The molecule has 0 heterocycles. The number of nitrogens with zero attached hydrogens (tertiary/aromatic N) is 2. The maximum Gasteiger partial charge on any atom is 0.309 e. The SMILES string of the molecule is CC(C)C1=C2C3CCC4[C@@]5(C)CC=C(C6=CC[C@@H](C(=O)OC(C)(C)C)CC6)C(C)(C)C5CC[C@@]4(C)[C@]3(C)CC[C@@]2(C(=O)CCCN(CCN(C)C)Cc2ccc(Cl)cc2)CC1=O. The second-order valence-electron chi connectivity index (χ2n) is 23.8. The Hall–Kier alpha value is -2.54. The summed E-state index contributed by atoms with van der Waals surface area (Å²) in [6.45, 7) is 26.7. The van der Waals surface area contributed by atoms with Gasteiger partial charge in [-0.2, -0.15) is 0 Å². The lowest BCUT2D eigenvalue weighted by atomic mass is 9.33. The minimum Gasteiger partial charge on any atom is -0.460 e. The second-order valence-corrected chi connectivity index (χ2v) is 24.2. The molecule has 0 saturated heterocycles. The number of halogens is 1. The lowest BCUT2D eigenvalue weighted by molar-refractivity contribution is -0.199. The fourth-order valence-electron chi connectivity index (χ4n) is 15.0. The van der Waals surface area contributed by atoms with Gasteiger partial charge in [0.25, 0.3) is 0 Å². The Balaban J connectivity index is 1.11. The first-order valence-corrected chi connectivity index (χ1v) is 24.9. The number of Topliss-reactive ketones (excluding diaryl/α,β-unsaturated/α-hetero) is 2. The molecular weight excluding hydrogens is 788 g/mol. The van der Waals surface area contributed by atoms with Gasteiger partial charge in [-0.15, -0.1) is 0 Å². The zero-order chi connectivity index (χ0) is 45.2. The van der Waals surface area contributed by atoms with Crippen LogP contribution in [-0.2, 0) is 25.7 Å². The molecule has 0 aromatic heterocycles.